The second-order valence-corrected chi connectivity index (χ2v) is 6.34. The van der Waals surface area contributed by atoms with Gasteiger partial charge < -0.3 is 10.0 Å². The molecule has 2 heterocycles. The lowest BCUT2D eigenvalue weighted by molar-refractivity contribution is -0.146. The topological polar surface area (TPSA) is 57.6 Å². The molecule has 0 spiro atoms. The quantitative estimate of drug-likeness (QED) is 0.867. The SMILES string of the molecule is O=C(O)C1CCCN1C(=O)C=Cc1csc(Br)c1. The Labute approximate surface area is 117 Å². The molecule has 1 N–H and O–H groups in total. The Balaban J connectivity index is 2.03. The van der Waals surface area contributed by atoms with Crippen LogP contribution in [-0.2, 0) is 9.59 Å². The van der Waals surface area contributed by atoms with Crippen molar-refractivity contribution in [1.29, 1.82) is 0 Å². The zero-order valence-electron chi connectivity index (χ0n) is 9.51. The standard InChI is InChI=1S/C12H12BrNO3S/c13-10-6-8(7-18-10)3-4-11(15)14-5-1-2-9(14)12(16)17/h3-4,6-7,9H,1-2,5H2,(H,16,17). The van der Waals surface area contributed by atoms with Gasteiger partial charge in [-0.15, -0.1) is 11.3 Å². The van der Waals surface area contributed by atoms with Crippen LogP contribution in [0, 0.1) is 0 Å². The van der Waals surface area contributed by atoms with Crippen molar-refractivity contribution >= 4 is 45.2 Å². The molecule has 2 rings (SSSR count). The van der Waals surface area contributed by atoms with Crippen LogP contribution in [0.15, 0.2) is 21.3 Å². The van der Waals surface area contributed by atoms with Crippen molar-refractivity contribution < 1.29 is 14.7 Å². The van der Waals surface area contributed by atoms with Gasteiger partial charge in [-0.3, -0.25) is 4.79 Å². The molecule has 6 heteroatoms. The first-order chi connectivity index (χ1) is 8.58. The van der Waals surface area contributed by atoms with E-state index in [1.165, 1.54) is 11.0 Å². The number of carbonyl (C=O) groups is 2. The predicted molar refractivity (Wildman–Crippen MR) is 73.4 cm³/mol. The lowest BCUT2D eigenvalue weighted by Crippen LogP contribution is -2.39. The summed E-state index contributed by atoms with van der Waals surface area (Å²) >= 11 is 4.89. The van der Waals surface area contributed by atoms with Crippen LogP contribution in [0.1, 0.15) is 18.4 Å². The molecule has 1 aromatic heterocycles. The van der Waals surface area contributed by atoms with Gasteiger partial charge in [-0.05, 0) is 51.9 Å². The van der Waals surface area contributed by atoms with Crippen molar-refractivity contribution in [1.82, 2.24) is 4.90 Å². The average molecular weight is 330 g/mol. The van der Waals surface area contributed by atoms with Gasteiger partial charge in [0.05, 0.1) is 3.79 Å². The Bertz CT molecular complexity index is 497. The summed E-state index contributed by atoms with van der Waals surface area (Å²) in [6, 6.07) is 1.24. The molecule has 96 valence electrons. The monoisotopic (exact) mass is 329 g/mol. The molecule has 1 fully saturated rings. The normalized spacial score (nSPS) is 19.6. The molecule has 4 nitrogen and oxygen atoms in total. The van der Waals surface area contributed by atoms with E-state index in [2.05, 4.69) is 15.9 Å². The van der Waals surface area contributed by atoms with Gasteiger partial charge in [0.1, 0.15) is 6.04 Å². The number of halogens is 1. The summed E-state index contributed by atoms with van der Waals surface area (Å²) < 4.78 is 0.999. The third-order valence-corrected chi connectivity index (χ3v) is 4.35. The highest BCUT2D eigenvalue weighted by Gasteiger charge is 2.32. The molecular weight excluding hydrogens is 318 g/mol. The van der Waals surface area contributed by atoms with Crippen LogP contribution in [0.5, 0.6) is 0 Å². The van der Waals surface area contributed by atoms with E-state index in [9.17, 15) is 9.59 Å². The molecule has 1 unspecified atom stereocenters. The number of hydrogen-bond acceptors (Lipinski definition) is 3. The number of carboxylic acids is 1. The summed E-state index contributed by atoms with van der Waals surface area (Å²) in [6.45, 7) is 0.521. The average Bonchev–Trinajstić information content (AvgIpc) is 2.94. The van der Waals surface area contributed by atoms with E-state index in [-0.39, 0.29) is 5.91 Å². The van der Waals surface area contributed by atoms with E-state index in [1.807, 2.05) is 11.4 Å². The number of nitrogens with zero attached hydrogens (tertiary/aromatic N) is 1. The van der Waals surface area contributed by atoms with Gasteiger partial charge in [0, 0.05) is 12.6 Å². The molecule has 0 bridgehead atoms. The van der Waals surface area contributed by atoms with Gasteiger partial charge in [0.15, 0.2) is 0 Å². The number of carbonyl (C=O) groups excluding carboxylic acids is 1. The van der Waals surface area contributed by atoms with Crippen LogP contribution in [0.2, 0.25) is 0 Å². The summed E-state index contributed by atoms with van der Waals surface area (Å²) in [5.74, 6) is -1.16. The Morgan fingerprint density at radius 3 is 2.94 bits per heavy atom. The number of amides is 1. The number of hydrogen-bond donors (Lipinski definition) is 1. The minimum absolute atomic E-state index is 0.234. The molecule has 1 aromatic rings. The summed E-state index contributed by atoms with van der Waals surface area (Å²) in [4.78, 5) is 24.3. The van der Waals surface area contributed by atoms with Crippen LogP contribution < -0.4 is 0 Å². The first-order valence-electron chi connectivity index (χ1n) is 5.53. The highest BCUT2D eigenvalue weighted by atomic mass is 79.9. The molecular formula is C12H12BrNO3S. The third kappa shape index (κ3) is 3.00. The second-order valence-electron chi connectivity index (χ2n) is 4.05. The van der Waals surface area contributed by atoms with Gasteiger partial charge in [-0.25, -0.2) is 4.79 Å². The number of thiophene rings is 1. The smallest absolute Gasteiger partial charge is 0.326 e. The molecule has 1 amide bonds. The summed E-state index contributed by atoms with van der Waals surface area (Å²) in [5.41, 5.74) is 0.936. The van der Waals surface area contributed by atoms with Crippen molar-refractivity contribution in [3.8, 4) is 0 Å². The van der Waals surface area contributed by atoms with Crippen LogP contribution >= 0.6 is 27.3 Å². The third-order valence-electron chi connectivity index (χ3n) is 2.83. The van der Waals surface area contributed by atoms with Gasteiger partial charge in [-0.2, -0.15) is 0 Å². The molecule has 1 aliphatic rings. The lowest BCUT2D eigenvalue weighted by Gasteiger charge is -2.19. The maximum Gasteiger partial charge on any atom is 0.326 e. The zero-order chi connectivity index (χ0) is 13.1. The molecule has 1 aliphatic heterocycles. The Morgan fingerprint density at radius 1 is 1.56 bits per heavy atom. The fourth-order valence-corrected chi connectivity index (χ4v) is 3.11. The fourth-order valence-electron chi connectivity index (χ4n) is 1.96. The summed E-state index contributed by atoms with van der Waals surface area (Å²) in [5, 5.41) is 10.9. The molecule has 18 heavy (non-hydrogen) atoms. The summed E-state index contributed by atoms with van der Waals surface area (Å²) in [6.07, 6.45) is 4.44. The van der Waals surface area contributed by atoms with Crippen LogP contribution in [-0.4, -0.2) is 34.5 Å². The van der Waals surface area contributed by atoms with Crippen molar-refractivity contribution in [3.05, 3.63) is 26.9 Å². The number of aliphatic carboxylic acids is 1. The van der Waals surface area contributed by atoms with E-state index < -0.39 is 12.0 Å². The van der Waals surface area contributed by atoms with Crippen molar-refractivity contribution in [2.75, 3.05) is 6.54 Å². The molecule has 1 saturated heterocycles. The molecule has 0 radical (unpaired) electrons. The fraction of sp³-hybridized carbons (Fsp3) is 0.333. The van der Waals surface area contributed by atoms with Gasteiger partial charge in [0.2, 0.25) is 5.91 Å². The van der Waals surface area contributed by atoms with Crippen molar-refractivity contribution in [2.45, 2.75) is 18.9 Å². The maximum absolute atomic E-state index is 11.9. The second kappa shape index (κ2) is 5.67. The highest BCUT2D eigenvalue weighted by Crippen LogP contribution is 2.22. The minimum Gasteiger partial charge on any atom is -0.480 e. The van der Waals surface area contributed by atoms with Crippen LogP contribution in [0.4, 0.5) is 0 Å². The van der Waals surface area contributed by atoms with Crippen molar-refractivity contribution in [2.24, 2.45) is 0 Å². The predicted octanol–water partition coefficient (Wildman–Crippen LogP) is 2.60. The Morgan fingerprint density at radius 2 is 2.33 bits per heavy atom. The maximum atomic E-state index is 11.9. The largest absolute Gasteiger partial charge is 0.480 e. The zero-order valence-corrected chi connectivity index (χ0v) is 11.9. The lowest BCUT2D eigenvalue weighted by atomic mass is 10.2. The van der Waals surface area contributed by atoms with Crippen LogP contribution in [0.3, 0.4) is 0 Å². The summed E-state index contributed by atoms with van der Waals surface area (Å²) in [7, 11) is 0. The molecule has 0 aliphatic carbocycles. The molecule has 1 atom stereocenters. The Hall–Kier alpha value is -1.14. The molecule has 0 aromatic carbocycles. The highest BCUT2D eigenvalue weighted by molar-refractivity contribution is 9.11. The minimum atomic E-state index is -0.924. The van der Waals surface area contributed by atoms with Gasteiger partial charge in [-0.1, -0.05) is 0 Å². The van der Waals surface area contributed by atoms with Gasteiger partial charge >= 0.3 is 5.97 Å². The first-order valence-corrected chi connectivity index (χ1v) is 7.20. The van der Waals surface area contributed by atoms with Crippen molar-refractivity contribution in [3.63, 3.8) is 0 Å². The first kappa shape index (κ1) is 13.3. The van der Waals surface area contributed by atoms with E-state index in [0.717, 1.165) is 15.8 Å². The number of carboxylic acid groups (broad SMARTS) is 1. The molecule has 0 saturated carbocycles. The van der Waals surface area contributed by atoms with E-state index >= 15 is 0 Å². The van der Waals surface area contributed by atoms with E-state index in [1.54, 1.807) is 17.4 Å². The van der Waals surface area contributed by atoms with Gasteiger partial charge in [0.25, 0.3) is 0 Å². The van der Waals surface area contributed by atoms with E-state index in [4.69, 9.17) is 5.11 Å². The van der Waals surface area contributed by atoms with Crippen LogP contribution in [0.25, 0.3) is 6.08 Å². The van der Waals surface area contributed by atoms with E-state index in [0.29, 0.717) is 13.0 Å². The number of likely N-dealkylation sites (tertiary alicyclic amines) is 1. The number of rotatable bonds is 3. The Kier molecular flexibility index (Phi) is 4.19.